The molecule has 0 aliphatic heterocycles. The first-order valence-corrected chi connectivity index (χ1v) is 10.5. The first-order chi connectivity index (χ1) is 11.0. The smallest absolute Gasteiger partial charge is 0.251 e. The maximum atomic E-state index is 12.8. The molecule has 4 nitrogen and oxygen atoms in total. The Kier molecular flexibility index (Phi) is 5.43. The van der Waals surface area contributed by atoms with E-state index in [1.54, 1.807) is 12.1 Å². The van der Waals surface area contributed by atoms with Crippen molar-refractivity contribution in [1.82, 2.24) is 5.32 Å². The molecular formula is C19H29NO3S. The molecule has 134 valence electrons. The molecule has 0 bridgehead atoms. The van der Waals surface area contributed by atoms with Gasteiger partial charge in [0.05, 0.1) is 4.90 Å². The summed E-state index contributed by atoms with van der Waals surface area (Å²) in [7, 11) is -3.32. The van der Waals surface area contributed by atoms with Gasteiger partial charge >= 0.3 is 0 Å². The van der Waals surface area contributed by atoms with Crippen molar-refractivity contribution >= 4 is 15.7 Å². The largest absolute Gasteiger partial charge is 0.349 e. The number of sulfone groups is 1. The van der Waals surface area contributed by atoms with Gasteiger partial charge in [-0.05, 0) is 48.8 Å². The summed E-state index contributed by atoms with van der Waals surface area (Å²) in [5.41, 5.74) is 1.39. The molecule has 2 rings (SSSR count). The van der Waals surface area contributed by atoms with Gasteiger partial charge < -0.3 is 5.32 Å². The maximum absolute atomic E-state index is 12.8. The lowest BCUT2D eigenvalue weighted by Gasteiger charge is -2.40. The number of rotatable bonds is 3. The lowest BCUT2D eigenvalue weighted by atomic mass is 9.69. The Bertz CT molecular complexity index is 717. The Morgan fingerprint density at radius 3 is 2.38 bits per heavy atom. The van der Waals surface area contributed by atoms with Gasteiger partial charge in [0.25, 0.3) is 5.91 Å². The molecule has 0 spiro atoms. The van der Waals surface area contributed by atoms with Crippen LogP contribution in [-0.2, 0) is 9.84 Å². The number of aryl methyl sites for hydroxylation is 1. The molecule has 1 aliphatic rings. The summed E-state index contributed by atoms with van der Waals surface area (Å²) < 4.78 is 23.5. The molecule has 0 saturated heterocycles. The van der Waals surface area contributed by atoms with Crippen molar-refractivity contribution in [2.75, 3.05) is 6.26 Å². The van der Waals surface area contributed by atoms with Crippen LogP contribution in [0.3, 0.4) is 0 Å². The predicted octanol–water partition coefficient (Wildman–Crippen LogP) is 3.73. The van der Waals surface area contributed by atoms with E-state index in [4.69, 9.17) is 0 Å². The van der Waals surface area contributed by atoms with E-state index >= 15 is 0 Å². The second kappa shape index (κ2) is 6.87. The Balaban J connectivity index is 2.26. The van der Waals surface area contributed by atoms with Crippen LogP contribution in [0.1, 0.15) is 62.4 Å². The van der Waals surface area contributed by atoms with Crippen molar-refractivity contribution in [3.05, 3.63) is 29.3 Å². The number of hydrogen-bond donors (Lipinski definition) is 1. The number of carbonyl (C=O) groups excluding carboxylic acids is 1. The minimum absolute atomic E-state index is 0.141. The molecule has 1 aromatic carbocycles. The number of hydrogen-bond acceptors (Lipinski definition) is 3. The lowest BCUT2D eigenvalue weighted by molar-refractivity contribution is 0.0829. The highest BCUT2D eigenvalue weighted by atomic mass is 32.2. The Hall–Kier alpha value is -1.36. The molecule has 2 atom stereocenters. The molecule has 1 saturated carbocycles. The minimum Gasteiger partial charge on any atom is -0.349 e. The van der Waals surface area contributed by atoms with E-state index in [-0.39, 0.29) is 22.3 Å². The third kappa shape index (κ3) is 4.38. The van der Waals surface area contributed by atoms with Gasteiger partial charge in [-0.25, -0.2) is 8.42 Å². The monoisotopic (exact) mass is 351 g/mol. The lowest BCUT2D eigenvalue weighted by Crippen LogP contribution is -2.46. The van der Waals surface area contributed by atoms with E-state index in [1.807, 2.05) is 6.92 Å². The molecule has 0 heterocycles. The SMILES string of the molecule is Cc1ccc(S(C)(=O)=O)cc1C(=O)NC1CCCCC1C(C)(C)C. The fourth-order valence-corrected chi connectivity index (χ4v) is 4.31. The van der Waals surface area contributed by atoms with Crippen LogP contribution in [-0.4, -0.2) is 26.6 Å². The number of carbonyl (C=O) groups is 1. The van der Waals surface area contributed by atoms with E-state index in [0.717, 1.165) is 31.1 Å². The van der Waals surface area contributed by atoms with E-state index in [2.05, 4.69) is 26.1 Å². The van der Waals surface area contributed by atoms with Gasteiger partial charge in [-0.3, -0.25) is 4.79 Å². The van der Waals surface area contributed by atoms with Gasteiger partial charge in [-0.1, -0.05) is 39.7 Å². The van der Waals surface area contributed by atoms with Crippen LogP contribution >= 0.6 is 0 Å². The molecule has 0 radical (unpaired) electrons. The minimum atomic E-state index is -3.32. The Labute approximate surface area is 146 Å². The first kappa shape index (κ1) is 19.0. The van der Waals surface area contributed by atoms with Crippen molar-refractivity contribution in [3.63, 3.8) is 0 Å². The Morgan fingerprint density at radius 1 is 1.17 bits per heavy atom. The van der Waals surface area contributed by atoms with Crippen LogP contribution in [0, 0.1) is 18.3 Å². The summed E-state index contributed by atoms with van der Waals surface area (Å²) in [5, 5.41) is 3.18. The molecule has 1 aromatic rings. The standard InChI is InChI=1S/C19H29NO3S/c1-13-10-11-14(24(5,22)23)12-15(13)18(21)20-17-9-7-6-8-16(17)19(2,3)4/h10-12,16-17H,6-9H2,1-5H3,(H,20,21). The van der Waals surface area contributed by atoms with Crippen LogP contribution in [0.25, 0.3) is 0 Å². The van der Waals surface area contributed by atoms with Crippen LogP contribution in [0.15, 0.2) is 23.1 Å². The fraction of sp³-hybridized carbons (Fsp3) is 0.632. The summed E-state index contributed by atoms with van der Waals surface area (Å²) in [6.45, 7) is 8.50. The molecule has 1 N–H and O–H groups in total. The van der Waals surface area contributed by atoms with Crippen LogP contribution in [0.4, 0.5) is 0 Å². The van der Waals surface area contributed by atoms with Crippen molar-refractivity contribution in [3.8, 4) is 0 Å². The zero-order valence-electron chi connectivity index (χ0n) is 15.3. The summed E-state index contributed by atoms with van der Waals surface area (Å²) >= 11 is 0. The molecule has 24 heavy (non-hydrogen) atoms. The zero-order valence-corrected chi connectivity index (χ0v) is 16.2. The van der Waals surface area contributed by atoms with E-state index in [1.165, 1.54) is 12.5 Å². The van der Waals surface area contributed by atoms with Crippen LogP contribution in [0.2, 0.25) is 0 Å². The van der Waals surface area contributed by atoms with Crippen LogP contribution < -0.4 is 5.32 Å². The van der Waals surface area contributed by atoms with E-state index in [0.29, 0.717) is 11.5 Å². The topological polar surface area (TPSA) is 63.2 Å². The van der Waals surface area contributed by atoms with Crippen molar-refractivity contribution in [2.24, 2.45) is 11.3 Å². The third-order valence-electron chi connectivity index (χ3n) is 5.08. The highest BCUT2D eigenvalue weighted by molar-refractivity contribution is 7.90. The second-order valence-electron chi connectivity index (χ2n) is 8.09. The quantitative estimate of drug-likeness (QED) is 0.902. The summed E-state index contributed by atoms with van der Waals surface area (Å²) in [6, 6.07) is 4.90. The average Bonchev–Trinajstić information content (AvgIpc) is 2.45. The summed E-state index contributed by atoms with van der Waals surface area (Å²) in [5.74, 6) is 0.271. The van der Waals surface area contributed by atoms with Crippen molar-refractivity contribution in [2.45, 2.75) is 64.3 Å². The maximum Gasteiger partial charge on any atom is 0.251 e. The third-order valence-corrected chi connectivity index (χ3v) is 6.19. The van der Waals surface area contributed by atoms with Crippen molar-refractivity contribution < 1.29 is 13.2 Å². The molecule has 1 aliphatic carbocycles. The normalized spacial score (nSPS) is 22.2. The molecule has 1 amide bonds. The highest BCUT2D eigenvalue weighted by Gasteiger charge is 2.35. The first-order valence-electron chi connectivity index (χ1n) is 8.62. The van der Waals surface area contributed by atoms with Crippen molar-refractivity contribution in [1.29, 1.82) is 0 Å². The van der Waals surface area contributed by atoms with Gasteiger partial charge in [-0.2, -0.15) is 0 Å². The summed E-state index contributed by atoms with van der Waals surface area (Å²) in [4.78, 5) is 13.0. The highest BCUT2D eigenvalue weighted by Crippen LogP contribution is 2.38. The van der Waals surface area contributed by atoms with Crippen LogP contribution in [0.5, 0.6) is 0 Å². The number of benzene rings is 1. The predicted molar refractivity (Wildman–Crippen MR) is 97.0 cm³/mol. The van der Waals surface area contributed by atoms with Gasteiger partial charge in [0.1, 0.15) is 0 Å². The average molecular weight is 352 g/mol. The van der Waals surface area contributed by atoms with Gasteiger partial charge in [0.15, 0.2) is 9.84 Å². The molecular weight excluding hydrogens is 322 g/mol. The molecule has 0 aromatic heterocycles. The molecule has 1 fully saturated rings. The number of amides is 1. The second-order valence-corrected chi connectivity index (χ2v) is 10.1. The fourth-order valence-electron chi connectivity index (χ4n) is 3.66. The van der Waals surface area contributed by atoms with E-state index < -0.39 is 9.84 Å². The molecule has 2 unspecified atom stereocenters. The van der Waals surface area contributed by atoms with Gasteiger partial charge in [0, 0.05) is 17.9 Å². The van der Waals surface area contributed by atoms with E-state index in [9.17, 15) is 13.2 Å². The summed E-state index contributed by atoms with van der Waals surface area (Å²) in [6.07, 6.45) is 5.60. The van der Waals surface area contributed by atoms with Gasteiger partial charge in [-0.15, -0.1) is 0 Å². The van der Waals surface area contributed by atoms with Gasteiger partial charge in [0.2, 0.25) is 0 Å². The molecule has 5 heteroatoms. The number of nitrogens with one attached hydrogen (secondary N) is 1. The zero-order chi connectivity index (χ0) is 18.1. The Morgan fingerprint density at radius 2 is 1.79 bits per heavy atom.